The van der Waals surface area contributed by atoms with Gasteiger partial charge in [0.15, 0.2) is 0 Å². The number of hydrogen-bond donors (Lipinski definition) is 2. The van der Waals surface area contributed by atoms with E-state index in [1.807, 2.05) is 20.8 Å². The van der Waals surface area contributed by atoms with Crippen molar-refractivity contribution in [3.63, 3.8) is 0 Å². The number of amides is 2. The predicted octanol–water partition coefficient (Wildman–Crippen LogP) is 6.21. The van der Waals surface area contributed by atoms with Gasteiger partial charge in [-0.05, 0) is 84.6 Å². The van der Waals surface area contributed by atoms with Gasteiger partial charge in [-0.3, -0.25) is 4.18 Å². The van der Waals surface area contributed by atoms with Crippen molar-refractivity contribution in [2.75, 3.05) is 19.4 Å². The van der Waals surface area contributed by atoms with E-state index in [4.69, 9.17) is 19.2 Å². The lowest BCUT2D eigenvalue weighted by Crippen LogP contribution is -2.46. The topological polar surface area (TPSA) is 169 Å². The van der Waals surface area contributed by atoms with Crippen LogP contribution in [0.4, 0.5) is 9.59 Å². The highest BCUT2D eigenvalue weighted by atomic mass is 32.2. The molecule has 0 radical (unpaired) electrons. The molecular weight excluding hydrogens is 538 g/mol. The minimum atomic E-state index is -3.52. The van der Waals surface area contributed by atoms with E-state index in [0.29, 0.717) is 12.5 Å². The van der Waals surface area contributed by atoms with Crippen LogP contribution in [-0.4, -0.2) is 63.3 Å². The van der Waals surface area contributed by atoms with Crippen LogP contribution in [0.3, 0.4) is 0 Å². The number of alkyl carbamates (subject to hydrolysis) is 2. The molecule has 0 bridgehead atoms. The summed E-state index contributed by atoms with van der Waals surface area (Å²) >= 11 is 0. The largest absolute Gasteiger partial charge is 0.444 e. The van der Waals surface area contributed by atoms with Crippen molar-refractivity contribution in [3.05, 3.63) is 10.4 Å². The summed E-state index contributed by atoms with van der Waals surface area (Å²) in [6.45, 7) is 11.1. The van der Waals surface area contributed by atoms with E-state index in [2.05, 4.69) is 20.7 Å². The molecule has 0 aliphatic heterocycles. The number of ether oxygens (including phenoxy) is 2. The van der Waals surface area contributed by atoms with E-state index in [1.54, 1.807) is 20.8 Å². The van der Waals surface area contributed by atoms with Crippen molar-refractivity contribution in [1.82, 2.24) is 10.6 Å². The Morgan fingerprint density at radius 1 is 0.825 bits per heavy atom. The molecule has 0 aromatic rings. The Morgan fingerprint density at radius 3 is 1.60 bits per heavy atom. The van der Waals surface area contributed by atoms with E-state index in [1.165, 1.54) is 25.7 Å². The van der Waals surface area contributed by atoms with E-state index in [-0.39, 0.29) is 24.6 Å². The van der Waals surface area contributed by atoms with Gasteiger partial charge < -0.3 is 20.1 Å². The second-order valence-corrected chi connectivity index (χ2v) is 14.3. The second kappa shape index (κ2) is 16.9. The lowest BCUT2D eigenvalue weighted by Gasteiger charge is -2.31. The van der Waals surface area contributed by atoms with Crippen molar-refractivity contribution in [2.45, 2.75) is 129 Å². The fraction of sp³-hybridized carbons (Fsp3) is 0.926. The van der Waals surface area contributed by atoms with Crippen LogP contribution in [0.25, 0.3) is 10.4 Å². The highest BCUT2D eigenvalue weighted by molar-refractivity contribution is 7.85. The third kappa shape index (κ3) is 17.5. The molecule has 0 spiro atoms. The van der Waals surface area contributed by atoms with Gasteiger partial charge in [0.25, 0.3) is 10.1 Å². The Labute approximate surface area is 240 Å². The summed E-state index contributed by atoms with van der Waals surface area (Å²) in [5.74, 6) is 0.611. The number of nitrogens with zero attached hydrogens (tertiary/aromatic N) is 3. The smallest absolute Gasteiger partial charge is 0.407 e. The molecule has 2 rings (SSSR count). The molecule has 40 heavy (non-hydrogen) atoms. The van der Waals surface area contributed by atoms with Gasteiger partial charge in [0.05, 0.1) is 18.9 Å². The van der Waals surface area contributed by atoms with Crippen LogP contribution >= 0.6 is 0 Å². The summed E-state index contributed by atoms with van der Waals surface area (Å²) in [4.78, 5) is 26.5. The van der Waals surface area contributed by atoms with Gasteiger partial charge >= 0.3 is 12.2 Å². The van der Waals surface area contributed by atoms with Crippen molar-refractivity contribution < 1.29 is 31.7 Å². The third-order valence-electron chi connectivity index (χ3n) is 6.65. The van der Waals surface area contributed by atoms with Crippen molar-refractivity contribution in [3.8, 4) is 0 Å². The summed E-state index contributed by atoms with van der Waals surface area (Å²) in [6, 6.07) is -0.457. The highest BCUT2D eigenvalue weighted by Gasteiger charge is 2.29. The van der Waals surface area contributed by atoms with Gasteiger partial charge in [-0.1, -0.05) is 43.6 Å². The van der Waals surface area contributed by atoms with Crippen molar-refractivity contribution in [2.24, 2.45) is 17.0 Å². The summed E-state index contributed by atoms with van der Waals surface area (Å²) in [6.07, 6.45) is 11.1. The van der Waals surface area contributed by atoms with Crippen LogP contribution in [0.1, 0.15) is 106 Å². The molecule has 0 aromatic carbocycles. The molecule has 2 amide bonds. The normalized spacial score (nSPS) is 18.7. The summed E-state index contributed by atoms with van der Waals surface area (Å²) < 4.78 is 37.7. The summed E-state index contributed by atoms with van der Waals surface area (Å²) in [5, 5.41) is 9.22. The first-order valence-corrected chi connectivity index (χ1v) is 16.1. The molecule has 0 heterocycles. The maximum absolute atomic E-state index is 11.9. The number of carbonyl (C=O) groups excluding carboxylic acids is 2. The van der Waals surface area contributed by atoms with Crippen LogP contribution in [0.5, 0.6) is 0 Å². The number of hydrogen-bond acceptors (Lipinski definition) is 8. The average Bonchev–Trinajstić information content (AvgIpc) is 2.83. The first-order valence-electron chi connectivity index (χ1n) is 14.3. The van der Waals surface area contributed by atoms with E-state index in [0.717, 1.165) is 44.8 Å². The van der Waals surface area contributed by atoms with Gasteiger partial charge in [0.2, 0.25) is 0 Å². The van der Waals surface area contributed by atoms with Gasteiger partial charge in [-0.25, -0.2) is 9.59 Å². The molecular formula is C27H51N5O7S. The van der Waals surface area contributed by atoms with Gasteiger partial charge in [0.1, 0.15) is 11.2 Å². The Balaban J connectivity index is 0.000000402. The molecule has 2 saturated carbocycles. The molecule has 2 aliphatic rings. The number of azide groups is 1. The number of carbonyl (C=O) groups is 2. The minimum absolute atomic E-state index is 0.0389. The summed E-state index contributed by atoms with van der Waals surface area (Å²) in [7, 11) is -3.52. The molecule has 0 saturated heterocycles. The van der Waals surface area contributed by atoms with Crippen molar-refractivity contribution in [1.29, 1.82) is 0 Å². The lowest BCUT2D eigenvalue weighted by molar-refractivity contribution is 0.0447. The third-order valence-corrected chi connectivity index (χ3v) is 7.21. The molecule has 0 aromatic heterocycles. The Bertz CT molecular complexity index is 928. The van der Waals surface area contributed by atoms with Crippen molar-refractivity contribution >= 4 is 22.3 Å². The van der Waals surface area contributed by atoms with E-state index >= 15 is 0 Å². The predicted molar refractivity (Wildman–Crippen MR) is 154 cm³/mol. The molecule has 13 heteroatoms. The lowest BCUT2D eigenvalue weighted by atomic mass is 9.84. The van der Waals surface area contributed by atoms with Crippen LogP contribution in [0.2, 0.25) is 0 Å². The van der Waals surface area contributed by atoms with Crippen LogP contribution in [-0.2, 0) is 23.8 Å². The van der Waals surface area contributed by atoms with E-state index < -0.39 is 33.5 Å². The quantitative estimate of drug-likeness (QED) is 0.139. The SMILES string of the molecule is CC(C)(C)OC(=O)NC(CN=[N+]=[N-])C1CCCCC1.CC(C)(C)OC(=O)NC(COS(C)(=O)=O)C1CCCCC1. The van der Waals surface area contributed by atoms with Crippen LogP contribution in [0.15, 0.2) is 5.11 Å². The maximum atomic E-state index is 11.9. The fourth-order valence-corrected chi connectivity index (χ4v) is 5.31. The first kappa shape index (κ1) is 35.8. The first-order chi connectivity index (χ1) is 18.5. The van der Waals surface area contributed by atoms with Gasteiger partial charge in [0, 0.05) is 17.5 Å². The second-order valence-electron chi connectivity index (χ2n) is 12.7. The molecule has 232 valence electrons. The summed E-state index contributed by atoms with van der Waals surface area (Å²) in [5.41, 5.74) is 7.35. The van der Waals surface area contributed by atoms with Crippen LogP contribution in [0, 0.1) is 11.8 Å². The average molecular weight is 590 g/mol. The zero-order valence-electron chi connectivity index (χ0n) is 25.4. The van der Waals surface area contributed by atoms with E-state index in [9.17, 15) is 18.0 Å². The Hall–Kier alpha value is -2.24. The maximum Gasteiger partial charge on any atom is 0.407 e. The molecule has 2 unspecified atom stereocenters. The molecule has 2 N–H and O–H groups in total. The standard InChI is InChI=1S/C14H27NO5S.C13H24N4O2/c1-14(2,3)20-13(16)15-12(10-19-21(4,17)18)11-8-6-5-7-9-11;1-13(2,3)19-12(18)16-11(9-15-17-14)10-7-5-4-6-8-10/h11-12H,5-10H2,1-4H3,(H,15,16);10-11H,4-9H2,1-3H3,(H,16,18). The molecule has 2 fully saturated rings. The molecule has 12 nitrogen and oxygen atoms in total. The Kier molecular flexibility index (Phi) is 15.1. The fourth-order valence-electron chi connectivity index (χ4n) is 4.92. The number of nitrogens with one attached hydrogen (secondary N) is 2. The zero-order valence-corrected chi connectivity index (χ0v) is 26.2. The number of rotatable bonds is 9. The highest BCUT2D eigenvalue weighted by Crippen LogP contribution is 2.28. The van der Waals surface area contributed by atoms with Gasteiger partial charge in [-0.2, -0.15) is 8.42 Å². The molecule has 2 aliphatic carbocycles. The van der Waals surface area contributed by atoms with Gasteiger partial charge in [-0.15, -0.1) is 0 Å². The molecule has 2 atom stereocenters. The zero-order chi connectivity index (χ0) is 30.4. The van der Waals surface area contributed by atoms with Crippen LogP contribution < -0.4 is 10.6 Å². The minimum Gasteiger partial charge on any atom is -0.444 e. The monoisotopic (exact) mass is 589 g/mol. The Morgan fingerprint density at radius 2 is 1.23 bits per heavy atom.